The number of esters is 1. The average molecular weight is 338 g/mol. The van der Waals surface area contributed by atoms with Crippen LogP contribution in [0, 0.1) is 0 Å². The van der Waals surface area contributed by atoms with Gasteiger partial charge in [0.25, 0.3) is 5.91 Å². The third-order valence-electron chi connectivity index (χ3n) is 3.78. The lowest BCUT2D eigenvalue weighted by Crippen LogP contribution is -2.48. The summed E-state index contributed by atoms with van der Waals surface area (Å²) in [6.45, 7) is 1.45. The third-order valence-corrected chi connectivity index (χ3v) is 4.52. The molecular weight excluding hydrogens is 316 g/mol. The Morgan fingerprint density at radius 1 is 1.30 bits per heavy atom. The van der Waals surface area contributed by atoms with E-state index in [0.717, 1.165) is 31.2 Å². The Labute approximate surface area is 139 Å². The topological polar surface area (TPSA) is 84.5 Å². The highest BCUT2D eigenvalue weighted by atomic mass is 32.1. The Balaban J connectivity index is 1.71. The van der Waals surface area contributed by atoms with Gasteiger partial charge in [-0.2, -0.15) is 11.3 Å². The van der Waals surface area contributed by atoms with E-state index in [0.29, 0.717) is 0 Å². The molecule has 0 spiro atoms. The van der Waals surface area contributed by atoms with Crippen LogP contribution < -0.4 is 10.6 Å². The zero-order valence-corrected chi connectivity index (χ0v) is 14.0. The molecule has 1 aliphatic rings. The van der Waals surface area contributed by atoms with Crippen LogP contribution in [0.25, 0.3) is 0 Å². The summed E-state index contributed by atoms with van der Waals surface area (Å²) in [4.78, 5) is 35.4. The monoisotopic (exact) mass is 338 g/mol. The first-order valence-corrected chi connectivity index (χ1v) is 8.81. The predicted octanol–water partition coefficient (Wildman–Crippen LogP) is 2.38. The van der Waals surface area contributed by atoms with E-state index in [1.807, 2.05) is 16.8 Å². The van der Waals surface area contributed by atoms with Gasteiger partial charge in [0.15, 0.2) is 6.10 Å². The quantitative estimate of drug-likeness (QED) is 0.807. The molecule has 23 heavy (non-hydrogen) atoms. The molecule has 1 saturated carbocycles. The number of hydrogen-bond acceptors (Lipinski definition) is 5. The zero-order chi connectivity index (χ0) is 16.7. The molecule has 6 nitrogen and oxygen atoms in total. The molecule has 1 heterocycles. The van der Waals surface area contributed by atoms with Crippen molar-refractivity contribution in [2.45, 2.75) is 57.6 Å². The van der Waals surface area contributed by atoms with Crippen LogP contribution in [0.15, 0.2) is 16.8 Å². The van der Waals surface area contributed by atoms with Crippen LogP contribution in [0.5, 0.6) is 0 Å². The van der Waals surface area contributed by atoms with Crippen molar-refractivity contribution in [3.05, 3.63) is 22.4 Å². The average Bonchev–Trinajstić information content (AvgIpc) is 3.00. The van der Waals surface area contributed by atoms with Gasteiger partial charge in [0, 0.05) is 6.04 Å². The minimum atomic E-state index is -1.00. The van der Waals surface area contributed by atoms with Crippen LogP contribution in [-0.2, 0) is 20.7 Å². The molecule has 0 radical (unpaired) electrons. The highest BCUT2D eigenvalue weighted by Crippen LogP contribution is 2.17. The van der Waals surface area contributed by atoms with Crippen LogP contribution in [0.3, 0.4) is 0 Å². The van der Waals surface area contributed by atoms with Crippen molar-refractivity contribution in [3.8, 4) is 0 Å². The van der Waals surface area contributed by atoms with Crippen LogP contribution in [0.1, 0.15) is 44.6 Å². The van der Waals surface area contributed by atoms with Crippen molar-refractivity contribution in [3.63, 3.8) is 0 Å². The lowest BCUT2D eigenvalue weighted by molar-refractivity contribution is -0.153. The molecule has 3 amide bonds. The summed E-state index contributed by atoms with van der Waals surface area (Å²) < 4.78 is 5.05. The minimum Gasteiger partial charge on any atom is -0.452 e. The number of imide groups is 1. The highest BCUT2D eigenvalue weighted by Gasteiger charge is 2.22. The van der Waals surface area contributed by atoms with Crippen molar-refractivity contribution in [2.24, 2.45) is 0 Å². The molecule has 2 rings (SSSR count). The maximum absolute atomic E-state index is 11.9. The lowest BCUT2D eigenvalue weighted by Gasteiger charge is -2.23. The summed E-state index contributed by atoms with van der Waals surface area (Å²) in [6, 6.07) is 1.42. The first-order valence-electron chi connectivity index (χ1n) is 7.86. The van der Waals surface area contributed by atoms with E-state index in [1.54, 1.807) is 0 Å². The number of nitrogens with one attached hydrogen (secondary N) is 2. The summed E-state index contributed by atoms with van der Waals surface area (Å²) in [6.07, 6.45) is 4.37. The van der Waals surface area contributed by atoms with E-state index in [2.05, 4.69) is 10.6 Å². The fraction of sp³-hybridized carbons (Fsp3) is 0.562. The van der Waals surface area contributed by atoms with Gasteiger partial charge in [0.05, 0.1) is 6.42 Å². The Morgan fingerprint density at radius 3 is 2.70 bits per heavy atom. The molecule has 0 bridgehead atoms. The number of carbonyl (C=O) groups is 3. The summed E-state index contributed by atoms with van der Waals surface area (Å²) in [5.41, 5.74) is 0.850. The second kappa shape index (κ2) is 8.67. The fourth-order valence-corrected chi connectivity index (χ4v) is 3.20. The van der Waals surface area contributed by atoms with Gasteiger partial charge in [-0.25, -0.2) is 4.79 Å². The van der Waals surface area contributed by atoms with Crippen molar-refractivity contribution < 1.29 is 19.1 Å². The second-order valence-corrected chi connectivity index (χ2v) is 6.52. The van der Waals surface area contributed by atoms with Crippen LogP contribution in [0.2, 0.25) is 0 Å². The van der Waals surface area contributed by atoms with Gasteiger partial charge >= 0.3 is 12.0 Å². The van der Waals surface area contributed by atoms with Gasteiger partial charge in [0.1, 0.15) is 0 Å². The van der Waals surface area contributed by atoms with Crippen molar-refractivity contribution in [1.29, 1.82) is 0 Å². The van der Waals surface area contributed by atoms with E-state index in [1.165, 1.54) is 24.7 Å². The smallest absolute Gasteiger partial charge is 0.321 e. The van der Waals surface area contributed by atoms with Gasteiger partial charge in [-0.05, 0) is 42.2 Å². The van der Waals surface area contributed by atoms with Gasteiger partial charge in [0.2, 0.25) is 0 Å². The van der Waals surface area contributed by atoms with E-state index in [-0.39, 0.29) is 12.5 Å². The van der Waals surface area contributed by atoms with E-state index in [4.69, 9.17) is 4.74 Å². The number of hydrogen-bond donors (Lipinski definition) is 2. The van der Waals surface area contributed by atoms with Crippen molar-refractivity contribution in [2.75, 3.05) is 0 Å². The maximum Gasteiger partial charge on any atom is 0.321 e. The summed E-state index contributed by atoms with van der Waals surface area (Å²) in [5, 5.41) is 8.73. The molecule has 0 unspecified atom stereocenters. The van der Waals surface area contributed by atoms with Crippen LogP contribution >= 0.6 is 11.3 Å². The molecule has 1 aromatic rings. The molecule has 1 aliphatic carbocycles. The standard InChI is InChI=1S/C16H22N2O4S/c1-11(22-14(19)9-12-7-8-23-10-12)15(20)18-16(21)17-13-5-3-2-4-6-13/h7-8,10-11,13H,2-6,9H2,1H3,(H2,17,18,20,21)/t11-/m1/s1. The second-order valence-electron chi connectivity index (χ2n) is 5.74. The number of urea groups is 1. The number of rotatable bonds is 5. The predicted molar refractivity (Wildman–Crippen MR) is 87.1 cm³/mol. The lowest BCUT2D eigenvalue weighted by atomic mass is 9.96. The zero-order valence-electron chi connectivity index (χ0n) is 13.2. The minimum absolute atomic E-state index is 0.119. The number of ether oxygens (including phenoxy) is 1. The molecule has 126 valence electrons. The van der Waals surface area contributed by atoms with Crippen LogP contribution in [0.4, 0.5) is 4.79 Å². The molecule has 0 aromatic carbocycles. The third kappa shape index (κ3) is 6.02. The van der Waals surface area contributed by atoms with Crippen LogP contribution in [-0.4, -0.2) is 30.1 Å². The van der Waals surface area contributed by atoms with Crippen molar-refractivity contribution >= 4 is 29.2 Å². The maximum atomic E-state index is 11.9. The van der Waals surface area contributed by atoms with Gasteiger partial charge in [-0.3, -0.25) is 14.9 Å². The molecule has 1 atom stereocenters. The Morgan fingerprint density at radius 2 is 2.04 bits per heavy atom. The van der Waals surface area contributed by atoms with Gasteiger partial charge in [-0.1, -0.05) is 19.3 Å². The Kier molecular flexibility index (Phi) is 6.58. The number of amides is 3. The number of carbonyl (C=O) groups excluding carboxylic acids is 3. The highest BCUT2D eigenvalue weighted by molar-refractivity contribution is 7.07. The molecular formula is C16H22N2O4S. The molecule has 2 N–H and O–H groups in total. The Hall–Kier alpha value is -1.89. The van der Waals surface area contributed by atoms with E-state index >= 15 is 0 Å². The molecule has 1 aromatic heterocycles. The molecule has 0 aliphatic heterocycles. The van der Waals surface area contributed by atoms with Gasteiger partial charge in [-0.15, -0.1) is 0 Å². The summed E-state index contributed by atoms with van der Waals surface area (Å²) in [7, 11) is 0. The number of thiophene rings is 1. The van der Waals surface area contributed by atoms with E-state index in [9.17, 15) is 14.4 Å². The molecule has 7 heteroatoms. The fourth-order valence-electron chi connectivity index (χ4n) is 2.53. The first kappa shape index (κ1) is 17.5. The molecule has 0 saturated heterocycles. The summed E-state index contributed by atoms with van der Waals surface area (Å²) in [5.74, 6) is -1.10. The Bertz CT molecular complexity index is 538. The van der Waals surface area contributed by atoms with E-state index < -0.39 is 24.0 Å². The normalized spacial score (nSPS) is 16.4. The summed E-state index contributed by atoms with van der Waals surface area (Å²) >= 11 is 1.49. The SMILES string of the molecule is C[C@@H](OC(=O)Cc1ccsc1)C(=O)NC(=O)NC1CCCCC1. The van der Waals surface area contributed by atoms with Gasteiger partial charge < -0.3 is 10.1 Å². The first-order chi connectivity index (χ1) is 11.0. The van der Waals surface area contributed by atoms with Crippen molar-refractivity contribution in [1.82, 2.24) is 10.6 Å². The largest absolute Gasteiger partial charge is 0.452 e. The molecule has 1 fully saturated rings.